The van der Waals surface area contributed by atoms with Gasteiger partial charge in [-0.2, -0.15) is 0 Å². The van der Waals surface area contributed by atoms with Crippen LogP contribution < -0.4 is 19.2 Å². The number of carbonyl (C=O) groups is 3. The molecule has 4 aromatic carbocycles. The van der Waals surface area contributed by atoms with Gasteiger partial charge in [0.25, 0.3) is 18.2 Å². The fraction of sp³-hybridized carbons (Fsp3) is 0.367. The number of hydrogen-bond acceptors (Lipinski definition) is 6. The molecule has 2 N–H and O–H groups in total. The lowest BCUT2D eigenvalue weighted by Crippen LogP contribution is -2.46. The fourth-order valence-corrected chi connectivity index (χ4v) is 9.62. The lowest BCUT2D eigenvalue weighted by atomic mass is 9.90. The molecule has 11 nitrogen and oxygen atoms in total. The minimum Gasteiger partial charge on any atom is -0.544 e. The minimum atomic E-state index is -2.83. The number of hydrogen-bond donors (Lipinski definition) is 2. The Labute approximate surface area is 367 Å². The van der Waals surface area contributed by atoms with E-state index in [0.29, 0.717) is 63.9 Å². The van der Waals surface area contributed by atoms with Crippen molar-refractivity contribution in [2.75, 3.05) is 25.2 Å². The Morgan fingerprint density at radius 2 is 1.60 bits per heavy atom. The predicted octanol–water partition coefficient (Wildman–Crippen LogP) is 10.7. The topological polar surface area (TPSA) is 123 Å². The number of aromatic nitrogens is 1. The Morgan fingerprint density at radius 3 is 2.32 bits per heavy atom. The van der Waals surface area contributed by atoms with Crippen LogP contribution in [-0.4, -0.2) is 78.0 Å². The van der Waals surface area contributed by atoms with Gasteiger partial charge in [0.2, 0.25) is 15.1 Å². The maximum absolute atomic E-state index is 15.1. The van der Waals surface area contributed by atoms with Crippen molar-refractivity contribution in [1.29, 1.82) is 0 Å². The van der Waals surface area contributed by atoms with Crippen LogP contribution in [0.1, 0.15) is 77.6 Å². The predicted molar refractivity (Wildman–Crippen MR) is 241 cm³/mol. The Bertz CT molecular complexity index is 2530. The number of amides is 3. The summed E-state index contributed by atoms with van der Waals surface area (Å²) in [6.07, 6.45) is -1.26. The smallest absolute Gasteiger partial charge is 0.407 e. The molecule has 1 atom stereocenters. The summed E-state index contributed by atoms with van der Waals surface area (Å²) in [6, 6.07) is 28.3. The highest BCUT2D eigenvalue weighted by atomic mass is 28.4. The Balaban J connectivity index is 1.12. The summed E-state index contributed by atoms with van der Waals surface area (Å²) in [5.74, 6) is 1.09. The molecule has 14 heteroatoms. The zero-order valence-corrected chi connectivity index (χ0v) is 37.4. The van der Waals surface area contributed by atoms with E-state index in [1.807, 2.05) is 78.9 Å². The highest BCUT2D eigenvalue weighted by Crippen LogP contribution is 2.43. The van der Waals surface area contributed by atoms with Gasteiger partial charge in [-0.1, -0.05) is 75.4 Å². The van der Waals surface area contributed by atoms with E-state index in [0.717, 1.165) is 46.5 Å². The SMILES string of the molecule is CC(C)(C)[Si](C)(C)Oc1ccc(-c2ccccc2NC(=O)c2cc(-c3cc4c(cc3C(=O)N3Cc5ccccc5C[C@H]3CCN(CC(F)F)C(=O)O)OCO4)n3c2CCCC3)cc1. The highest BCUT2D eigenvalue weighted by Gasteiger charge is 2.39. The van der Waals surface area contributed by atoms with Crippen molar-refractivity contribution in [3.8, 4) is 39.6 Å². The second kappa shape index (κ2) is 17.5. The van der Waals surface area contributed by atoms with E-state index in [2.05, 4.69) is 43.7 Å². The molecule has 330 valence electrons. The number of nitrogens with zero attached hydrogens (tertiary/aromatic N) is 3. The molecule has 0 bridgehead atoms. The summed E-state index contributed by atoms with van der Waals surface area (Å²) in [5.41, 5.74) is 7.36. The van der Waals surface area contributed by atoms with Gasteiger partial charge in [-0.15, -0.1) is 0 Å². The van der Waals surface area contributed by atoms with Crippen molar-refractivity contribution in [1.82, 2.24) is 14.4 Å². The molecule has 0 aliphatic carbocycles. The summed E-state index contributed by atoms with van der Waals surface area (Å²) < 4.78 is 47.0. The van der Waals surface area contributed by atoms with Crippen LogP contribution in [0.5, 0.6) is 17.2 Å². The quantitative estimate of drug-likeness (QED) is 0.120. The number of halogens is 2. The first-order valence-electron chi connectivity index (χ1n) is 21.6. The summed E-state index contributed by atoms with van der Waals surface area (Å²) in [6.45, 7) is 10.8. The molecule has 0 spiro atoms. The van der Waals surface area contributed by atoms with Gasteiger partial charge < -0.3 is 38.7 Å². The van der Waals surface area contributed by atoms with Crippen LogP contribution >= 0.6 is 0 Å². The van der Waals surface area contributed by atoms with Crippen molar-refractivity contribution in [2.24, 2.45) is 0 Å². The fourth-order valence-electron chi connectivity index (χ4n) is 8.58. The van der Waals surface area contributed by atoms with E-state index >= 15 is 4.79 Å². The molecule has 1 aromatic heterocycles. The molecule has 3 amide bonds. The van der Waals surface area contributed by atoms with E-state index in [9.17, 15) is 23.5 Å². The first kappa shape index (κ1) is 43.5. The van der Waals surface area contributed by atoms with Gasteiger partial charge in [-0.3, -0.25) is 9.59 Å². The van der Waals surface area contributed by atoms with Gasteiger partial charge in [-0.25, -0.2) is 13.6 Å². The monoisotopic (exact) mass is 876 g/mol. The van der Waals surface area contributed by atoms with Gasteiger partial charge in [-0.05, 0) is 103 Å². The molecule has 63 heavy (non-hydrogen) atoms. The Kier molecular flexibility index (Phi) is 12.1. The molecule has 0 saturated carbocycles. The molecule has 4 heterocycles. The summed E-state index contributed by atoms with van der Waals surface area (Å²) >= 11 is 0. The zero-order chi connectivity index (χ0) is 44.6. The maximum atomic E-state index is 15.1. The average Bonchev–Trinajstić information content (AvgIpc) is 3.88. The largest absolute Gasteiger partial charge is 0.544 e. The lowest BCUT2D eigenvalue weighted by molar-refractivity contribution is 0.0568. The van der Waals surface area contributed by atoms with E-state index in [4.69, 9.17) is 13.9 Å². The van der Waals surface area contributed by atoms with E-state index in [1.165, 1.54) is 0 Å². The lowest BCUT2D eigenvalue weighted by Gasteiger charge is -2.38. The molecular weight excluding hydrogens is 823 g/mol. The third-order valence-electron chi connectivity index (χ3n) is 13.0. The normalized spacial score (nSPS) is 15.7. The zero-order valence-electron chi connectivity index (χ0n) is 36.4. The minimum absolute atomic E-state index is 0.0208. The maximum Gasteiger partial charge on any atom is 0.407 e. The first-order chi connectivity index (χ1) is 30.1. The molecule has 0 radical (unpaired) electrons. The van der Waals surface area contributed by atoms with E-state index in [1.54, 1.807) is 17.0 Å². The number of alkyl halides is 2. The Hall–Kier alpha value is -6.15. The summed E-state index contributed by atoms with van der Waals surface area (Å²) in [7, 11) is -2.04. The van der Waals surface area contributed by atoms with Gasteiger partial charge in [0.05, 0.1) is 17.7 Å². The van der Waals surface area contributed by atoms with Crippen LogP contribution in [0, 0.1) is 0 Å². The van der Waals surface area contributed by atoms with Crippen molar-refractivity contribution in [3.05, 3.63) is 119 Å². The number of benzene rings is 4. The van der Waals surface area contributed by atoms with Crippen LogP contribution in [0.15, 0.2) is 91.0 Å². The molecule has 8 rings (SSSR count). The molecule has 5 aromatic rings. The van der Waals surface area contributed by atoms with Crippen LogP contribution in [-0.2, 0) is 25.9 Å². The second-order valence-electron chi connectivity index (χ2n) is 18.1. The van der Waals surface area contributed by atoms with Crippen molar-refractivity contribution < 1.29 is 42.2 Å². The van der Waals surface area contributed by atoms with Gasteiger partial charge >= 0.3 is 6.09 Å². The van der Waals surface area contributed by atoms with Crippen molar-refractivity contribution >= 4 is 31.9 Å². The number of para-hydroxylation sites is 1. The van der Waals surface area contributed by atoms with Gasteiger partial charge in [0.1, 0.15) is 5.75 Å². The van der Waals surface area contributed by atoms with Gasteiger partial charge in [0.15, 0.2) is 11.5 Å². The third-order valence-corrected chi connectivity index (χ3v) is 17.4. The molecule has 3 aliphatic heterocycles. The number of fused-ring (bicyclic) bond motifs is 3. The molecule has 0 unspecified atom stereocenters. The van der Waals surface area contributed by atoms with Crippen molar-refractivity contribution in [2.45, 2.75) is 96.6 Å². The summed E-state index contributed by atoms with van der Waals surface area (Å²) in [4.78, 5) is 44.0. The number of ether oxygens (including phenoxy) is 2. The average molecular weight is 877 g/mol. The van der Waals surface area contributed by atoms with Crippen LogP contribution in [0.2, 0.25) is 18.1 Å². The first-order valence-corrected chi connectivity index (χ1v) is 24.5. The molecule has 0 fully saturated rings. The number of rotatable bonds is 12. The van der Waals surface area contributed by atoms with Gasteiger partial charge in [0, 0.05) is 53.9 Å². The van der Waals surface area contributed by atoms with E-state index < -0.39 is 33.4 Å². The molecule has 3 aliphatic rings. The van der Waals surface area contributed by atoms with Crippen LogP contribution in [0.4, 0.5) is 19.3 Å². The number of anilines is 1. The third kappa shape index (κ3) is 9.04. The van der Waals surface area contributed by atoms with E-state index in [-0.39, 0.29) is 43.2 Å². The van der Waals surface area contributed by atoms with Crippen LogP contribution in [0.3, 0.4) is 0 Å². The second-order valence-corrected chi connectivity index (χ2v) is 22.8. The number of carbonyl (C=O) groups excluding carboxylic acids is 2. The Morgan fingerprint density at radius 1 is 0.905 bits per heavy atom. The molecular formula is C49H54F2N4O7Si. The number of carboxylic acid groups (broad SMARTS) is 1. The molecule has 0 saturated heterocycles. The summed E-state index contributed by atoms with van der Waals surface area (Å²) in [5, 5.41) is 13.0. The van der Waals surface area contributed by atoms with Crippen LogP contribution in [0.25, 0.3) is 22.4 Å². The van der Waals surface area contributed by atoms with Crippen molar-refractivity contribution in [3.63, 3.8) is 0 Å². The number of nitrogens with one attached hydrogen (secondary N) is 1. The highest BCUT2D eigenvalue weighted by molar-refractivity contribution is 6.74. The standard InChI is InChI=1S/C49H54F2N4O7Si/c1-49(2,3)63(4,5)62-35-19-17-31(18-20-35)36-14-8-9-15-40(36)52-46(56)39-25-42(54-22-11-10-16-41(39)54)37-26-43-44(61-30-60-43)27-38(37)47(57)55-28-33-13-7-6-12-32(33)24-34(55)21-23-53(48(58)59)29-45(50)51/h6-9,12-15,17-20,25-27,34,45H,10-11,16,21-24,28-30H2,1-5H3,(H,52,56)(H,58,59)/t34-/m1/s1.